The van der Waals surface area contributed by atoms with Gasteiger partial charge in [0.15, 0.2) is 6.23 Å². The van der Waals surface area contributed by atoms with Crippen molar-refractivity contribution in [3.8, 4) is 5.75 Å². The minimum Gasteiger partial charge on any atom is -0.497 e. The van der Waals surface area contributed by atoms with Gasteiger partial charge >= 0.3 is 0 Å². The predicted molar refractivity (Wildman–Crippen MR) is 70.6 cm³/mol. The third-order valence-electron chi connectivity index (χ3n) is 2.74. The Morgan fingerprint density at radius 2 is 2.17 bits per heavy atom. The number of aliphatic hydroxyl groups is 1. The largest absolute Gasteiger partial charge is 0.497 e. The molecule has 2 N–H and O–H groups in total. The highest BCUT2D eigenvalue weighted by Gasteiger charge is 2.10. The highest BCUT2D eigenvalue weighted by molar-refractivity contribution is 5.44. The SMILES string of the molecule is COc1ccc(C(O)Nc2cccnc2)c(C)c1. The molecule has 2 aromatic rings. The van der Waals surface area contributed by atoms with Gasteiger partial charge in [0, 0.05) is 11.8 Å². The number of methoxy groups -OCH3 is 1. The number of nitrogens with zero attached hydrogens (tertiary/aromatic N) is 1. The van der Waals surface area contributed by atoms with Crippen LogP contribution in [0.5, 0.6) is 5.75 Å². The van der Waals surface area contributed by atoms with Crippen LogP contribution in [0.3, 0.4) is 0 Å². The van der Waals surface area contributed by atoms with Crippen molar-refractivity contribution in [2.75, 3.05) is 12.4 Å². The number of benzene rings is 1. The standard InChI is InChI=1S/C14H16N2O2/c1-10-8-12(18-2)5-6-13(10)14(17)16-11-4-3-7-15-9-11/h3-9,14,16-17H,1-2H3. The number of ether oxygens (including phenoxy) is 1. The molecule has 0 radical (unpaired) electrons. The van der Waals surface area contributed by atoms with Crippen molar-refractivity contribution in [2.45, 2.75) is 13.2 Å². The Balaban J connectivity index is 2.16. The Hall–Kier alpha value is -2.07. The van der Waals surface area contributed by atoms with Crippen LogP contribution in [0.15, 0.2) is 42.7 Å². The summed E-state index contributed by atoms with van der Waals surface area (Å²) < 4.78 is 5.14. The first-order chi connectivity index (χ1) is 8.70. The fourth-order valence-electron chi connectivity index (χ4n) is 1.77. The average Bonchev–Trinajstić information content (AvgIpc) is 2.39. The van der Waals surface area contributed by atoms with E-state index in [1.165, 1.54) is 0 Å². The van der Waals surface area contributed by atoms with Gasteiger partial charge in [-0.15, -0.1) is 0 Å². The summed E-state index contributed by atoms with van der Waals surface area (Å²) >= 11 is 0. The van der Waals surface area contributed by atoms with Crippen LogP contribution < -0.4 is 10.1 Å². The van der Waals surface area contributed by atoms with Crippen molar-refractivity contribution >= 4 is 5.69 Å². The number of aliphatic hydroxyl groups excluding tert-OH is 1. The predicted octanol–water partition coefficient (Wildman–Crippen LogP) is 2.50. The molecule has 0 aliphatic heterocycles. The van der Waals surface area contributed by atoms with E-state index in [1.54, 1.807) is 19.5 Å². The molecular formula is C14H16N2O2. The summed E-state index contributed by atoms with van der Waals surface area (Å²) in [7, 11) is 1.62. The monoisotopic (exact) mass is 244 g/mol. The highest BCUT2D eigenvalue weighted by atomic mass is 16.5. The minimum absolute atomic E-state index is 0.764. The molecule has 1 aromatic carbocycles. The number of hydrogen-bond donors (Lipinski definition) is 2. The van der Waals surface area contributed by atoms with E-state index in [-0.39, 0.29) is 0 Å². The zero-order valence-electron chi connectivity index (χ0n) is 10.4. The van der Waals surface area contributed by atoms with Gasteiger partial charge in [0.25, 0.3) is 0 Å². The first-order valence-corrected chi connectivity index (χ1v) is 5.70. The van der Waals surface area contributed by atoms with Crippen LogP contribution in [0.2, 0.25) is 0 Å². The van der Waals surface area contributed by atoms with Gasteiger partial charge in [-0.05, 0) is 36.8 Å². The number of anilines is 1. The van der Waals surface area contributed by atoms with Crippen molar-refractivity contribution in [1.29, 1.82) is 0 Å². The molecule has 0 aliphatic rings. The van der Waals surface area contributed by atoms with Crippen LogP contribution >= 0.6 is 0 Å². The van der Waals surface area contributed by atoms with Crippen molar-refractivity contribution < 1.29 is 9.84 Å². The van der Waals surface area contributed by atoms with Crippen LogP contribution in [0.4, 0.5) is 5.69 Å². The summed E-state index contributed by atoms with van der Waals surface area (Å²) in [6.45, 7) is 1.94. The molecule has 4 nitrogen and oxygen atoms in total. The van der Waals surface area contributed by atoms with Gasteiger partial charge in [0.05, 0.1) is 19.0 Å². The molecule has 0 fully saturated rings. The van der Waals surface area contributed by atoms with Crippen LogP contribution in [-0.2, 0) is 0 Å². The van der Waals surface area contributed by atoms with E-state index in [1.807, 2.05) is 37.3 Å². The quantitative estimate of drug-likeness (QED) is 0.811. The smallest absolute Gasteiger partial charge is 0.151 e. The lowest BCUT2D eigenvalue weighted by Gasteiger charge is -2.17. The first-order valence-electron chi connectivity index (χ1n) is 5.70. The molecule has 18 heavy (non-hydrogen) atoms. The molecule has 1 aromatic heterocycles. The number of rotatable bonds is 4. The third kappa shape index (κ3) is 2.78. The molecular weight excluding hydrogens is 228 g/mol. The summed E-state index contributed by atoms with van der Waals surface area (Å²) in [5, 5.41) is 13.1. The molecule has 0 saturated heterocycles. The van der Waals surface area contributed by atoms with Gasteiger partial charge in [-0.3, -0.25) is 4.98 Å². The number of aromatic nitrogens is 1. The lowest BCUT2D eigenvalue weighted by Crippen LogP contribution is -2.11. The summed E-state index contributed by atoms with van der Waals surface area (Å²) in [5.74, 6) is 0.782. The topological polar surface area (TPSA) is 54.4 Å². The summed E-state index contributed by atoms with van der Waals surface area (Å²) in [6, 6.07) is 9.24. The Labute approximate surface area is 106 Å². The molecule has 1 atom stereocenters. The van der Waals surface area contributed by atoms with Gasteiger partial charge in [-0.1, -0.05) is 6.07 Å². The van der Waals surface area contributed by atoms with E-state index < -0.39 is 6.23 Å². The Morgan fingerprint density at radius 1 is 1.33 bits per heavy atom. The lowest BCUT2D eigenvalue weighted by atomic mass is 10.1. The number of aryl methyl sites for hydroxylation is 1. The van der Waals surface area contributed by atoms with Gasteiger partial charge in [-0.25, -0.2) is 0 Å². The second-order valence-electron chi connectivity index (χ2n) is 4.01. The minimum atomic E-state index is -0.764. The maximum atomic E-state index is 10.1. The van der Waals surface area contributed by atoms with Crippen molar-refractivity contribution in [3.63, 3.8) is 0 Å². The van der Waals surface area contributed by atoms with E-state index in [4.69, 9.17) is 4.74 Å². The van der Waals surface area contributed by atoms with E-state index in [9.17, 15) is 5.11 Å². The highest BCUT2D eigenvalue weighted by Crippen LogP contribution is 2.23. The van der Waals surface area contributed by atoms with Gasteiger partial charge in [0.1, 0.15) is 5.75 Å². The Bertz CT molecular complexity index is 514. The van der Waals surface area contributed by atoms with Crippen LogP contribution in [0.1, 0.15) is 17.4 Å². The first kappa shape index (κ1) is 12.4. The molecule has 0 bridgehead atoms. The molecule has 0 saturated carbocycles. The van der Waals surface area contributed by atoms with Crippen LogP contribution in [-0.4, -0.2) is 17.2 Å². The van der Waals surface area contributed by atoms with Gasteiger partial charge in [0.2, 0.25) is 0 Å². The number of hydrogen-bond acceptors (Lipinski definition) is 4. The number of nitrogens with one attached hydrogen (secondary N) is 1. The lowest BCUT2D eigenvalue weighted by molar-refractivity contribution is 0.207. The van der Waals surface area contributed by atoms with Crippen molar-refractivity contribution in [2.24, 2.45) is 0 Å². The second-order valence-corrected chi connectivity index (χ2v) is 4.01. The maximum absolute atomic E-state index is 10.1. The second kappa shape index (κ2) is 5.51. The summed E-state index contributed by atoms with van der Waals surface area (Å²) in [4.78, 5) is 3.99. The molecule has 1 heterocycles. The third-order valence-corrected chi connectivity index (χ3v) is 2.74. The van der Waals surface area contributed by atoms with Crippen LogP contribution in [0, 0.1) is 6.92 Å². The van der Waals surface area contributed by atoms with Crippen molar-refractivity contribution in [1.82, 2.24) is 4.98 Å². The molecule has 4 heteroatoms. The van der Waals surface area contributed by atoms with Gasteiger partial charge in [-0.2, -0.15) is 0 Å². The van der Waals surface area contributed by atoms with E-state index in [2.05, 4.69) is 10.3 Å². The fraction of sp³-hybridized carbons (Fsp3) is 0.214. The summed E-state index contributed by atoms with van der Waals surface area (Å²) in [6.07, 6.45) is 2.60. The van der Waals surface area contributed by atoms with E-state index >= 15 is 0 Å². The molecule has 0 spiro atoms. The van der Waals surface area contributed by atoms with E-state index in [0.717, 1.165) is 22.6 Å². The molecule has 2 rings (SSSR count). The fourth-order valence-corrected chi connectivity index (χ4v) is 1.77. The molecule has 1 unspecified atom stereocenters. The zero-order valence-corrected chi connectivity index (χ0v) is 10.4. The van der Waals surface area contributed by atoms with Gasteiger partial charge < -0.3 is 15.2 Å². The maximum Gasteiger partial charge on any atom is 0.151 e. The normalized spacial score (nSPS) is 11.9. The Kier molecular flexibility index (Phi) is 3.79. The zero-order chi connectivity index (χ0) is 13.0. The molecule has 94 valence electrons. The number of pyridine rings is 1. The van der Waals surface area contributed by atoms with Crippen LogP contribution in [0.25, 0.3) is 0 Å². The van der Waals surface area contributed by atoms with E-state index in [0.29, 0.717) is 0 Å². The molecule has 0 aliphatic carbocycles. The summed E-state index contributed by atoms with van der Waals surface area (Å²) in [5.41, 5.74) is 2.57. The molecule has 0 amide bonds. The Morgan fingerprint density at radius 3 is 2.78 bits per heavy atom. The average molecular weight is 244 g/mol. The van der Waals surface area contributed by atoms with Crippen molar-refractivity contribution in [3.05, 3.63) is 53.9 Å².